The van der Waals surface area contributed by atoms with Crippen LogP contribution in [0.25, 0.3) is 11.1 Å². The van der Waals surface area contributed by atoms with Crippen molar-refractivity contribution in [1.82, 2.24) is 15.1 Å². The van der Waals surface area contributed by atoms with E-state index < -0.39 is 6.04 Å². The normalized spacial score (nSPS) is 17.0. The maximum absolute atomic E-state index is 12.2. The summed E-state index contributed by atoms with van der Waals surface area (Å²) in [6.07, 6.45) is 0.772. The second-order valence-corrected chi connectivity index (χ2v) is 6.12. The monoisotopic (exact) mass is 327 g/mol. The van der Waals surface area contributed by atoms with E-state index in [1.807, 2.05) is 49.8 Å². The summed E-state index contributed by atoms with van der Waals surface area (Å²) in [5, 5.41) is 7.17. The van der Waals surface area contributed by atoms with Crippen LogP contribution in [-0.2, 0) is 27.8 Å². The number of nitrogens with zero attached hydrogens (tertiary/aromatic N) is 2. The number of carbonyl (C=O) groups excluding carboxylic acids is 2. The van der Waals surface area contributed by atoms with Gasteiger partial charge in [-0.25, -0.2) is 4.79 Å². The first-order chi connectivity index (χ1) is 11.5. The Morgan fingerprint density at radius 2 is 2.21 bits per heavy atom. The van der Waals surface area contributed by atoms with Crippen molar-refractivity contribution in [2.75, 3.05) is 6.61 Å². The Labute approximate surface area is 140 Å². The first-order valence-corrected chi connectivity index (χ1v) is 8.01. The van der Waals surface area contributed by atoms with Crippen LogP contribution in [0.4, 0.5) is 0 Å². The molecule has 1 saturated heterocycles. The predicted molar refractivity (Wildman–Crippen MR) is 89.3 cm³/mol. The van der Waals surface area contributed by atoms with Crippen LogP contribution in [-0.4, -0.2) is 34.3 Å². The van der Waals surface area contributed by atoms with Gasteiger partial charge in [0.2, 0.25) is 5.91 Å². The zero-order valence-corrected chi connectivity index (χ0v) is 14.1. The zero-order chi connectivity index (χ0) is 17.3. The molecule has 0 spiro atoms. The SMILES string of the molecule is Cc1nn(C)c(C)c1-c1cccc(CC(=O)N[C@@H]2CCOC2=O)c1. The van der Waals surface area contributed by atoms with Crippen LogP contribution in [0.2, 0.25) is 0 Å². The van der Waals surface area contributed by atoms with Crippen molar-refractivity contribution in [1.29, 1.82) is 0 Å². The summed E-state index contributed by atoms with van der Waals surface area (Å²) in [5.74, 6) is -0.519. The van der Waals surface area contributed by atoms with Crippen LogP contribution in [0.15, 0.2) is 24.3 Å². The Bertz CT molecular complexity index is 795. The molecule has 6 nitrogen and oxygen atoms in total. The summed E-state index contributed by atoms with van der Waals surface area (Å²) in [4.78, 5) is 23.6. The van der Waals surface area contributed by atoms with E-state index in [-0.39, 0.29) is 18.3 Å². The van der Waals surface area contributed by atoms with Crippen molar-refractivity contribution in [2.45, 2.75) is 32.7 Å². The van der Waals surface area contributed by atoms with Crippen molar-refractivity contribution in [2.24, 2.45) is 7.05 Å². The molecule has 3 rings (SSSR count). The van der Waals surface area contributed by atoms with Gasteiger partial charge in [0, 0.05) is 24.7 Å². The highest BCUT2D eigenvalue weighted by molar-refractivity contribution is 5.86. The van der Waals surface area contributed by atoms with Crippen LogP contribution < -0.4 is 5.32 Å². The summed E-state index contributed by atoms with van der Waals surface area (Å²) in [5.41, 5.74) is 5.09. The number of nitrogens with one attached hydrogen (secondary N) is 1. The zero-order valence-electron chi connectivity index (χ0n) is 14.1. The predicted octanol–water partition coefficient (Wildman–Crippen LogP) is 1.68. The molecule has 1 N–H and O–H groups in total. The number of aryl methyl sites for hydroxylation is 2. The van der Waals surface area contributed by atoms with Crippen LogP contribution in [0.5, 0.6) is 0 Å². The van der Waals surface area contributed by atoms with E-state index >= 15 is 0 Å². The van der Waals surface area contributed by atoms with Gasteiger partial charge in [0.25, 0.3) is 0 Å². The van der Waals surface area contributed by atoms with Gasteiger partial charge in [0.1, 0.15) is 6.04 Å². The lowest BCUT2D eigenvalue weighted by molar-refractivity contribution is -0.141. The molecule has 1 fully saturated rings. The third-order valence-electron chi connectivity index (χ3n) is 4.36. The molecule has 1 aliphatic rings. The molecule has 0 saturated carbocycles. The molecule has 2 heterocycles. The average molecular weight is 327 g/mol. The van der Waals surface area contributed by atoms with E-state index in [2.05, 4.69) is 10.4 Å². The lowest BCUT2D eigenvalue weighted by atomic mass is 10.00. The van der Waals surface area contributed by atoms with E-state index in [1.54, 1.807) is 0 Å². The molecule has 0 radical (unpaired) electrons. The minimum atomic E-state index is -0.511. The first-order valence-electron chi connectivity index (χ1n) is 8.01. The van der Waals surface area contributed by atoms with E-state index in [9.17, 15) is 9.59 Å². The molecule has 0 unspecified atom stereocenters. The summed E-state index contributed by atoms with van der Waals surface area (Å²) < 4.78 is 6.72. The molecule has 1 aromatic carbocycles. The van der Waals surface area contributed by atoms with Gasteiger partial charge in [-0.05, 0) is 25.0 Å². The number of carbonyl (C=O) groups is 2. The van der Waals surface area contributed by atoms with Crippen molar-refractivity contribution < 1.29 is 14.3 Å². The minimum Gasteiger partial charge on any atom is -0.464 e. The Morgan fingerprint density at radius 3 is 2.83 bits per heavy atom. The van der Waals surface area contributed by atoms with Crippen molar-refractivity contribution in [3.63, 3.8) is 0 Å². The van der Waals surface area contributed by atoms with Crippen LogP contribution in [0, 0.1) is 13.8 Å². The summed E-state index contributed by atoms with van der Waals surface area (Å²) in [6.45, 7) is 4.38. The van der Waals surface area contributed by atoms with E-state index in [0.29, 0.717) is 13.0 Å². The van der Waals surface area contributed by atoms with Crippen molar-refractivity contribution in [3.8, 4) is 11.1 Å². The molecular formula is C18H21N3O3. The molecular weight excluding hydrogens is 306 g/mol. The van der Waals surface area contributed by atoms with Gasteiger partial charge in [0.05, 0.1) is 18.7 Å². The summed E-state index contributed by atoms with van der Waals surface area (Å²) in [6, 6.07) is 7.37. The Morgan fingerprint density at radius 1 is 1.42 bits per heavy atom. The molecule has 1 atom stereocenters. The number of ether oxygens (including phenoxy) is 1. The molecule has 1 aromatic heterocycles. The fraction of sp³-hybridized carbons (Fsp3) is 0.389. The molecule has 126 valence electrons. The number of cyclic esters (lactones) is 1. The lowest BCUT2D eigenvalue weighted by Gasteiger charge is -2.10. The number of benzene rings is 1. The number of rotatable bonds is 4. The van der Waals surface area contributed by atoms with Crippen LogP contribution >= 0.6 is 0 Å². The highest BCUT2D eigenvalue weighted by Gasteiger charge is 2.27. The second kappa shape index (κ2) is 6.47. The molecule has 0 aliphatic carbocycles. The van der Waals surface area contributed by atoms with E-state index in [4.69, 9.17) is 4.74 Å². The van der Waals surface area contributed by atoms with E-state index in [0.717, 1.165) is 28.1 Å². The first kappa shape index (κ1) is 16.2. The Kier molecular flexibility index (Phi) is 4.38. The number of hydrogen-bond acceptors (Lipinski definition) is 4. The Hall–Kier alpha value is -2.63. The molecule has 2 aromatic rings. The van der Waals surface area contributed by atoms with Crippen molar-refractivity contribution in [3.05, 3.63) is 41.2 Å². The number of esters is 1. The fourth-order valence-electron chi connectivity index (χ4n) is 3.09. The smallest absolute Gasteiger partial charge is 0.328 e. The lowest BCUT2D eigenvalue weighted by Crippen LogP contribution is -2.38. The topological polar surface area (TPSA) is 73.2 Å². The maximum atomic E-state index is 12.2. The van der Waals surface area contributed by atoms with Gasteiger partial charge < -0.3 is 10.1 Å². The van der Waals surface area contributed by atoms with Crippen molar-refractivity contribution >= 4 is 11.9 Å². The third kappa shape index (κ3) is 3.18. The van der Waals surface area contributed by atoms with Gasteiger partial charge in [0.15, 0.2) is 0 Å². The van der Waals surface area contributed by atoms with E-state index in [1.165, 1.54) is 0 Å². The maximum Gasteiger partial charge on any atom is 0.328 e. The van der Waals surface area contributed by atoms with Gasteiger partial charge in [-0.3, -0.25) is 9.48 Å². The second-order valence-electron chi connectivity index (χ2n) is 6.12. The highest BCUT2D eigenvalue weighted by Crippen LogP contribution is 2.27. The largest absolute Gasteiger partial charge is 0.464 e. The molecule has 0 bridgehead atoms. The van der Waals surface area contributed by atoms with Gasteiger partial charge >= 0.3 is 5.97 Å². The fourth-order valence-corrected chi connectivity index (χ4v) is 3.09. The molecule has 1 amide bonds. The molecule has 24 heavy (non-hydrogen) atoms. The van der Waals surface area contributed by atoms with Gasteiger partial charge in [-0.2, -0.15) is 5.10 Å². The van der Waals surface area contributed by atoms with Gasteiger partial charge in [-0.1, -0.05) is 24.3 Å². The summed E-state index contributed by atoms with van der Waals surface area (Å²) >= 11 is 0. The standard InChI is InChI=1S/C18H21N3O3/c1-11-17(12(2)21(3)20-11)14-6-4-5-13(9-14)10-16(22)19-15-7-8-24-18(15)23/h4-6,9,15H,7-8,10H2,1-3H3,(H,19,22)/t15-/m1/s1. The highest BCUT2D eigenvalue weighted by atomic mass is 16.5. The molecule has 1 aliphatic heterocycles. The minimum absolute atomic E-state index is 0.171. The Balaban J connectivity index is 1.76. The quantitative estimate of drug-likeness (QED) is 0.867. The number of hydrogen-bond donors (Lipinski definition) is 1. The average Bonchev–Trinajstić information content (AvgIpc) is 3.03. The number of aromatic nitrogens is 2. The van der Waals surface area contributed by atoms with Gasteiger partial charge in [-0.15, -0.1) is 0 Å². The summed E-state index contributed by atoms with van der Waals surface area (Å²) in [7, 11) is 1.92. The van der Waals surface area contributed by atoms with Crippen LogP contribution in [0.1, 0.15) is 23.4 Å². The van der Waals surface area contributed by atoms with Crippen LogP contribution in [0.3, 0.4) is 0 Å². The number of amides is 1. The third-order valence-corrected chi connectivity index (χ3v) is 4.36. The molecule has 6 heteroatoms.